The zero-order chi connectivity index (χ0) is 12.8. The van der Waals surface area contributed by atoms with Crippen LogP contribution in [0.3, 0.4) is 0 Å². The fraction of sp³-hybridized carbons (Fsp3) is 0.333. The normalized spacial score (nSPS) is 18.7. The number of para-hydroxylation sites is 1. The summed E-state index contributed by atoms with van der Waals surface area (Å²) in [5.74, 6) is 0. The van der Waals surface area contributed by atoms with Crippen LogP contribution >= 0.6 is 0 Å². The van der Waals surface area contributed by atoms with Crippen molar-refractivity contribution in [1.29, 1.82) is 0 Å². The molecule has 1 aliphatic heterocycles. The van der Waals surface area contributed by atoms with Crippen LogP contribution in [0.1, 0.15) is 30.3 Å². The highest BCUT2D eigenvalue weighted by Crippen LogP contribution is 2.33. The van der Waals surface area contributed by atoms with E-state index in [0.717, 1.165) is 12.8 Å². The van der Waals surface area contributed by atoms with Gasteiger partial charge >= 0.3 is 0 Å². The molecule has 1 aromatic carbocycles. The van der Waals surface area contributed by atoms with E-state index in [-0.39, 0.29) is 0 Å². The van der Waals surface area contributed by atoms with Gasteiger partial charge in [-0.25, -0.2) is 4.98 Å². The number of nitrogens with zero attached hydrogens (tertiary/aromatic N) is 4. The van der Waals surface area contributed by atoms with Crippen LogP contribution in [-0.2, 0) is 13.5 Å². The number of hydrogen-bond donors (Lipinski definition) is 0. The molecule has 3 heterocycles. The van der Waals surface area contributed by atoms with Crippen molar-refractivity contribution in [3.8, 4) is 0 Å². The molecule has 1 aliphatic rings. The molecule has 1 atom stereocenters. The van der Waals surface area contributed by atoms with E-state index >= 15 is 0 Å². The molecule has 0 saturated heterocycles. The molecule has 0 saturated carbocycles. The van der Waals surface area contributed by atoms with E-state index in [4.69, 9.17) is 5.10 Å². The van der Waals surface area contributed by atoms with Crippen molar-refractivity contribution in [2.45, 2.75) is 25.3 Å². The van der Waals surface area contributed by atoms with E-state index in [1.54, 1.807) is 0 Å². The highest BCUT2D eigenvalue weighted by atomic mass is 15.3. The molecule has 4 nitrogen and oxygen atoms in total. The average molecular weight is 252 g/mol. The van der Waals surface area contributed by atoms with Crippen molar-refractivity contribution in [1.82, 2.24) is 19.3 Å². The third-order valence-corrected chi connectivity index (χ3v) is 4.09. The fourth-order valence-electron chi connectivity index (χ4n) is 3.18. The van der Waals surface area contributed by atoms with Gasteiger partial charge in [-0.15, -0.1) is 0 Å². The first kappa shape index (κ1) is 10.8. The average Bonchev–Trinajstić information content (AvgIpc) is 3.04. The van der Waals surface area contributed by atoms with Crippen LogP contribution in [-0.4, -0.2) is 19.3 Å². The third kappa shape index (κ3) is 1.52. The molecule has 1 unspecified atom stereocenters. The van der Waals surface area contributed by atoms with Crippen LogP contribution in [0.5, 0.6) is 0 Å². The molecule has 0 N–H and O–H groups in total. The van der Waals surface area contributed by atoms with Crippen molar-refractivity contribution in [2.75, 3.05) is 0 Å². The number of benzene rings is 1. The first-order valence-electron chi connectivity index (χ1n) is 6.77. The Morgan fingerprint density at radius 2 is 2.16 bits per heavy atom. The van der Waals surface area contributed by atoms with Gasteiger partial charge in [0.1, 0.15) is 0 Å². The lowest BCUT2D eigenvalue weighted by Gasteiger charge is -2.24. The van der Waals surface area contributed by atoms with Gasteiger partial charge < -0.3 is 4.57 Å². The molecule has 0 fully saturated rings. The van der Waals surface area contributed by atoms with E-state index < -0.39 is 0 Å². The lowest BCUT2D eigenvalue weighted by molar-refractivity contribution is 0.447. The van der Waals surface area contributed by atoms with Crippen molar-refractivity contribution in [2.24, 2.45) is 7.05 Å². The Morgan fingerprint density at radius 1 is 1.26 bits per heavy atom. The van der Waals surface area contributed by atoms with Crippen molar-refractivity contribution in [3.63, 3.8) is 0 Å². The molecule has 3 aromatic rings. The molecule has 2 aromatic heterocycles. The van der Waals surface area contributed by atoms with E-state index in [1.807, 2.05) is 24.3 Å². The number of aryl methyl sites for hydroxylation is 2. The molecule has 0 amide bonds. The third-order valence-electron chi connectivity index (χ3n) is 4.09. The standard InChI is InChI=1S/C15H16N4/c1-18-13-7-3-2-6-12(13)15(17-18)14-8-4-5-11-9-16-10-19(11)14/h2-3,6-7,9-10,14H,4-5,8H2,1H3. The minimum atomic E-state index is 0.331. The SMILES string of the molecule is Cn1nc(C2CCCc3cncn32)c2ccccc21. The molecule has 4 rings (SSSR count). The molecule has 19 heavy (non-hydrogen) atoms. The van der Waals surface area contributed by atoms with Crippen LogP contribution < -0.4 is 0 Å². The minimum Gasteiger partial charge on any atom is -0.325 e. The molecule has 0 aliphatic carbocycles. The van der Waals surface area contributed by atoms with Crippen molar-refractivity contribution in [3.05, 3.63) is 48.2 Å². The monoisotopic (exact) mass is 252 g/mol. The summed E-state index contributed by atoms with van der Waals surface area (Å²) in [6.07, 6.45) is 7.41. The minimum absolute atomic E-state index is 0.331. The number of aromatic nitrogens is 4. The van der Waals surface area contributed by atoms with Gasteiger partial charge in [-0.05, 0) is 25.3 Å². The maximum absolute atomic E-state index is 4.76. The van der Waals surface area contributed by atoms with Gasteiger partial charge in [0.2, 0.25) is 0 Å². The second-order valence-electron chi connectivity index (χ2n) is 5.23. The van der Waals surface area contributed by atoms with Gasteiger partial charge in [-0.1, -0.05) is 18.2 Å². The fourth-order valence-corrected chi connectivity index (χ4v) is 3.18. The Labute approximate surface area is 111 Å². The second kappa shape index (κ2) is 3.95. The predicted octanol–water partition coefficient (Wildman–Crippen LogP) is 2.70. The van der Waals surface area contributed by atoms with Crippen LogP contribution in [0.4, 0.5) is 0 Å². The van der Waals surface area contributed by atoms with E-state index in [2.05, 4.69) is 33.8 Å². The van der Waals surface area contributed by atoms with E-state index in [0.29, 0.717) is 6.04 Å². The largest absolute Gasteiger partial charge is 0.325 e. The van der Waals surface area contributed by atoms with Crippen LogP contribution in [0.25, 0.3) is 10.9 Å². The Balaban J connectivity index is 1.93. The Kier molecular flexibility index (Phi) is 2.24. The zero-order valence-corrected chi connectivity index (χ0v) is 11.0. The summed E-state index contributed by atoms with van der Waals surface area (Å²) in [4.78, 5) is 4.29. The van der Waals surface area contributed by atoms with Gasteiger partial charge in [0.15, 0.2) is 0 Å². The summed E-state index contributed by atoms with van der Waals surface area (Å²) in [7, 11) is 2.02. The van der Waals surface area contributed by atoms with E-state index in [1.165, 1.54) is 28.7 Å². The summed E-state index contributed by atoms with van der Waals surface area (Å²) in [6, 6.07) is 8.78. The second-order valence-corrected chi connectivity index (χ2v) is 5.23. The number of rotatable bonds is 1. The topological polar surface area (TPSA) is 35.6 Å². The predicted molar refractivity (Wildman–Crippen MR) is 74.0 cm³/mol. The zero-order valence-electron chi connectivity index (χ0n) is 11.0. The molecule has 0 radical (unpaired) electrons. The molecular weight excluding hydrogens is 236 g/mol. The van der Waals surface area contributed by atoms with E-state index in [9.17, 15) is 0 Å². The molecule has 0 bridgehead atoms. The maximum Gasteiger partial charge on any atom is 0.0954 e. The van der Waals surface area contributed by atoms with Gasteiger partial charge in [0.05, 0.1) is 23.6 Å². The van der Waals surface area contributed by atoms with Gasteiger partial charge in [0.25, 0.3) is 0 Å². The smallest absolute Gasteiger partial charge is 0.0954 e. The first-order chi connectivity index (χ1) is 9.34. The lowest BCUT2D eigenvalue weighted by Crippen LogP contribution is -2.18. The molecule has 0 spiro atoms. The Morgan fingerprint density at radius 3 is 3.11 bits per heavy atom. The van der Waals surface area contributed by atoms with Crippen LogP contribution in [0.15, 0.2) is 36.8 Å². The summed E-state index contributed by atoms with van der Waals surface area (Å²) in [6.45, 7) is 0. The quantitative estimate of drug-likeness (QED) is 0.667. The molecule has 96 valence electrons. The summed E-state index contributed by atoms with van der Waals surface area (Å²) in [5, 5.41) is 6.02. The summed E-state index contributed by atoms with van der Waals surface area (Å²) in [5.41, 5.74) is 3.70. The number of imidazole rings is 1. The van der Waals surface area contributed by atoms with Crippen LogP contribution in [0.2, 0.25) is 0 Å². The molecule has 4 heteroatoms. The van der Waals surface area contributed by atoms with Gasteiger partial charge in [-0.2, -0.15) is 5.10 Å². The summed E-state index contributed by atoms with van der Waals surface area (Å²) >= 11 is 0. The lowest BCUT2D eigenvalue weighted by atomic mass is 9.98. The summed E-state index contributed by atoms with van der Waals surface area (Å²) < 4.78 is 4.27. The molecular formula is C15H16N4. The van der Waals surface area contributed by atoms with Crippen LogP contribution in [0, 0.1) is 0 Å². The number of hydrogen-bond acceptors (Lipinski definition) is 2. The highest BCUT2D eigenvalue weighted by molar-refractivity contribution is 5.82. The van der Waals surface area contributed by atoms with Crippen molar-refractivity contribution < 1.29 is 0 Å². The highest BCUT2D eigenvalue weighted by Gasteiger charge is 2.25. The Bertz CT molecular complexity index is 738. The first-order valence-corrected chi connectivity index (χ1v) is 6.77. The number of fused-ring (bicyclic) bond motifs is 2. The van der Waals surface area contributed by atoms with Gasteiger partial charge in [-0.3, -0.25) is 4.68 Å². The van der Waals surface area contributed by atoms with Gasteiger partial charge in [0, 0.05) is 24.3 Å². The van der Waals surface area contributed by atoms with Crippen molar-refractivity contribution >= 4 is 10.9 Å². The maximum atomic E-state index is 4.76. The Hall–Kier alpha value is -2.10.